The number of carboxylic acids is 1. The molecular formula is C20H17FN4O3. The average molecular weight is 380 g/mol. The molecule has 28 heavy (non-hydrogen) atoms. The summed E-state index contributed by atoms with van der Waals surface area (Å²) in [5, 5.41) is 11.9. The van der Waals surface area contributed by atoms with Gasteiger partial charge < -0.3 is 20.3 Å². The number of anilines is 1. The third kappa shape index (κ3) is 3.32. The summed E-state index contributed by atoms with van der Waals surface area (Å²) in [7, 11) is 0. The van der Waals surface area contributed by atoms with Crippen molar-refractivity contribution in [1.29, 1.82) is 0 Å². The molecule has 3 N–H and O–H groups in total. The van der Waals surface area contributed by atoms with Gasteiger partial charge in [-0.25, -0.2) is 19.0 Å². The zero-order chi connectivity index (χ0) is 19.7. The van der Waals surface area contributed by atoms with Crippen molar-refractivity contribution in [1.82, 2.24) is 14.9 Å². The summed E-state index contributed by atoms with van der Waals surface area (Å²) >= 11 is 0. The molecule has 4 rings (SSSR count). The molecule has 142 valence electrons. The predicted molar refractivity (Wildman–Crippen MR) is 99.7 cm³/mol. The summed E-state index contributed by atoms with van der Waals surface area (Å²) in [6.07, 6.45) is 2.15. The van der Waals surface area contributed by atoms with E-state index < -0.39 is 23.9 Å². The number of nitrogens with one attached hydrogen (secondary N) is 2. The highest BCUT2D eigenvalue weighted by molar-refractivity contribution is 5.93. The number of benzene rings is 2. The van der Waals surface area contributed by atoms with Gasteiger partial charge in [0.2, 0.25) is 0 Å². The van der Waals surface area contributed by atoms with Crippen LogP contribution in [0, 0.1) is 5.82 Å². The van der Waals surface area contributed by atoms with E-state index >= 15 is 0 Å². The first-order valence-electron chi connectivity index (χ1n) is 8.71. The first kappa shape index (κ1) is 17.7. The highest BCUT2D eigenvalue weighted by Crippen LogP contribution is 2.34. The minimum atomic E-state index is -1.08. The van der Waals surface area contributed by atoms with Gasteiger partial charge in [0.1, 0.15) is 11.9 Å². The zero-order valence-corrected chi connectivity index (χ0v) is 14.7. The molecule has 2 heterocycles. The molecule has 3 aromatic rings. The number of carbonyl (C=O) groups excluding carboxylic acids is 1. The van der Waals surface area contributed by atoms with Gasteiger partial charge in [0.15, 0.2) is 0 Å². The Morgan fingerprint density at radius 1 is 1.21 bits per heavy atom. The summed E-state index contributed by atoms with van der Waals surface area (Å²) in [5.74, 6) is -1.47. The molecule has 1 aliphatic heterocycles. The molecule has 0 saturated heterocycles. The Morgan fingerprint density at radius 2 is 2.04 bits per heavy atom. The van der Waals surface area contributed by atoms with Crippen LogP contribution in [0.15, 0.2) is 54.9 Å². The molecule has 0 aliphatic carbocycles. The van der Waals surface area contributed by atoms with Gasteiger partial charge in [0, 0.05) is 24.3 Å². The number of carboxylic acid groups (broad SMARTS) is 1. The molecule has 0 spiro atoms. The number of H-pyrrole nitrogens is 1. The Kier molecular flexibility index (Phi) is 4.52. The zero-order valence-electron chi connectivity index (χ0n) is 14.7. The van der Waals surface area contributed by atoms with E-state index in [1.165, 1.54) is 24.3 Å². The number of aromatic carboxylic acids is 1. The Labute approximate surface area is 159 Å². The summed E-state index contributed by atoms with van der Waals surface area (Å²) in [6, 6.07) is 11.1. The standard InChI is InChI=1S/C20H17FN4O3/c21-14-5-1-3-12(9-14)18-17-16(22-11-23-17)7-8-25(18)20(28)24-15-6-2-4-13(10-15)19(26)27/h1-6,9-11,18H,7-8H2,(H,22,23)(H,24,28)(H,26,27). The monoisotopic (exact) mass is 380 g/mol. The molecule has 1 atom stereocenters. The maximum Gasteiger partial charge on any atom is 0.335 e. The number of halogens is 1. The second-order valence-electron chi connectivity index (χ2n) is 6.48. The fourth-order valence-corrected chi connectivity index (χ4v) is 3.43. The van der Waals surface area contributed by atoms with Gasteiger partial charge in [-0.1, -0.05) is 18.2 Å². The lowest BCUT2D eigenvalue weighted by Gasteiger charge is -2.35. The highest BCUT2D eigenvalue weighted by atomic mass is 19.1. The number of carbonyl (C=O) groups is 2. The molecule has 1 unspecified atom stereocenters. The SMILES string of the molecule is O=C(O)c1cccc(NC(=O)N2CCc3[nH]cnc3C2c2cccc(F)c2)c1. The second-order valence-corrected chi connectivity index (χ2v) is 6.48. The molecule has 0 fully saturated rings. The maximum absolute atomic E-state index is 13.8. The van der Waals surface area contributed by atoms with Crippen LogP contribution in [0.1, 0.15) is 33.4 Å². The minimum Gasteiger partial charge on any atom is -0.478 e. The van der Waals surface area contributed by atoms with E-state index in [1.807, 2.05) is 0 Å². The van der Waals surface area contributed by atoms with Crippen LogP contribution in [0.5, 0.6) is 0 Å². The van der Waals surface area contributed by atoms with Gasteiger partial charge in [-0.15, -0.1) is 0 Å². The number of urea groups is 1. The molecule has 0 saturated carbocycles. The smallest absolute Gasteiger partial charge is 0.335 e. The van der Waals surface area contributed by atoms with Crippen LogP contribution in [-0.4, -0.2) is 38.5 Å². The Morgan fingerprint density at radius 3 is 2.82 bits per heavy atom. The van der Waals surface area contributed by atoms with Gasteiger partial charge in [-0.05, 0) is 35.9 Å². The van der Waals surface area contributed by atoms with Gasteiger partial charge >= 0.3 is 12.0 Å². The number of nitrogens with zero attached hydrogens (tertiary/aromatic N) is 2. The number of hydrogen-bond donors (Lipinski definition) is 3. The summed E-state index contributed by atoms with van der Waals surface area (Å²) in [6.45, 7) is 0.404. The predicted octanol–water partition coefficient (Wildman–Crippen LogP) is 3.43. The molecule has 0 radical (unpaired) electrons. The molecular weight excluding hydrogens is 363 g/mol. The van der Waals surface area contributed by atoms with E-state index in [4.69, 9.17) is 5.11 Å². The van der Waals surface area contributed by atoms with Gasteiger partial charge in [-0.2, -0.15) is 0 Å². The molecule has 1 aliphatic rings. The highest BCUT2D eigenvalue weighted by Gasteiger charge is 2.34. The van der Waals surface area contributed by atoms with Crippen LogP contribution in [0.3, 0.4) is 0 Å². The number of hydrogen-bond acceptors (Lipinski definition) is 3. The van der Waals surface area contributed by atoms with E-state index in [-0.39, 0.29) is 5.56 Å². The lowest BCUT2D eigenvalue weighted by Crippen LogP contribution is -2.43. The van der Waals surface area contributed by atoms with E-state index in [0.717, 1.165) is 5.69 Å². The Hall–Kier alpha value is -3.68. The summed E-state index contributed by atoms with van der Waals surface area (Å²) in [4.78, 5) is 33.1. The van der Waals surface area contributed by atoms with E-state index in [0.29, 0.717) is 29.9 Å². The fourth-order valence-electron chi connectivity index (χ4n) is 3.43. The summed E-state index contributed by atoms with van der Waals surface area (Å²) in [5.41, 5.74) is 2.64. The van der Waals surface area contributed by atoms with Crippen molar-refractivity contribution in [3.8, 4) is 0 Å². The number of rotatable bonds is 3. The Balaban J connectivity index is 1.66. The number of imidazole rings is 1. The average Bonchev–Trinajstić information content (AvgIpc) is 3.16. The van der Waals surface area contributed by atoms with Crippen LogP contribution in [0.2, 0.25) is 0 Å². The van der Waals surface area contributed by atoms with E-state index in [2.05, 4.69) is 15.3 Å². The quantitative estimate of drug-likeness (QED) is 0.648. The maximum atomic E-state index is 13.8. The first-order valence-corrected chi connectivity index (χ1v) is 8.71. The van der Waals surface area contributed by atoms with Crippen LogP contribution in [-0.2, 0) is 6.42 Å². The molecule has 2 amide bonds. The van der Waals surface area contributed by atoms with Crippen molar-refractivity contribution >= 4 is 17.7 Å². The third-order valence-corrected chi connectivity index (χ3v) is 4.71. The van der Waals surface area contributed by atoms with Gasteiger partial charge in [0.25, 0.3) is 0 Å². The fraction of sp³-hybridized carbons (Fsp3) is 0.150. The molecule has 0 bridgehead atoms. The van der Waals surface area contributed by atoms with Crippen LogP contribution in [0.25, 0.3) is 0 Å². The molecule has 2 aromatic carbocycles. The first-order chi connectivity index (χ1) is 13.5. The van der Waals surface area contributed by atoms with Gasteiger partial charge in [0.05, 0.1) is 17.6 Å². The number of amides is 2. The van der Waals surface area contributed by atoms with Gasteiger partial charge in [-0.3, -0.25) is 0 Å². The summed E-state index contributed by atoms with van der Waals surface area (Å²) < 4.78 is 13.8. The lowest BCUT2D eigenvalue weighted by atomic mass is 9.96. The number of fused-ring (bicyclic) bond motifs is 1. The second kappa shape index (κ2) is 7.15. The third-order valence-electron chi connectivity index (χ3n) is 4.71. The van der Waals surface area contributed by atoms with Crippen molar-refractivity contribution in [2.45, 2.75) is 12.5 Å². The van der Waals surface area contributed by atoms with Crippen molar-refractivity contribution < 1.29 is 19.1 Å². The molecule has 1 aromatic heterocycles. The lowest BCUT2D eigenvalue weighted by molar-refractivity contribution is 0.0697. The van der Waals surface area contributed by atoms with E-state index in [9.17, 15) is 14.0 Å². The minimum absolute atomic E-state index is 0.0766. The van der Waals surface area contributed by atoms with Crippen LogP contribution >= 0.6 is 0 Å². The van der Waals surface area contributed by atoms with E-state index in [1.54, 1.807) is 35.5 Å². The largest absolute Gasteiger partial charge is 0.478 e. The Bertz CT molecular complexity index is 1050. The molecule has 8 heteroatoms. The van der Waals surface area contributed by atoms with Crippen LogP contribution in [0.4, 0.5) is 14.9 Å². The normalized spacial score (nSPS) is 15.8. The number of aromatic nitrogens is 2. The van der Waals surface area contributed by atoms with Crippen molar-refractivity contribution in [3.63, 3.8) is 0 Å². The number of aromatic amines is 1. The topological polar surface area (TPSA) is 98.3 Å². The van der Waals surface area contributed by atoms with Crippen molar-refractivity contribution in [2.24, 2.45) is 0 Å². The van der Waals surface area contributed by atoms with Crippen molar-refractivity contribution in [2.75, 3.05) is 11.9 Å². The van der Waals surface area contributed by atoms with Crippen molar-refractivity contribution in [3.05, 3.63) is 83.2 Å². The van der Waals surface area contributed by atoms with Crippen LogP contribution < -0.4 is 5.32 Å². The molecule has 7 nitrogen and oxygen atoms in total.